The predicted molar refractivity (Wildman–Crippen MR) is 98.9 cm³/mol. The van der Waals surface area contributed by atoms with Gasteiger partial charge in [0.25, 0.3) is 0 Å². The summed E-state index contributed by atoms with van der Waals surface area (Å²) in [5.41, 5.74) is 0.383. The molecule has 0 aliphatic carbocycles. The number of sulfone groups is 1. The van der Waals surface area contributed by atoms with Crippen LogP contribution in [0.5, 0.6) is 11.5 Å². The fourth-order valence-corrected chi connectivity index (χ4v) is 4.29. The van der Waals surface area contributed by atoms with E-state index in [2.05, 4.69) is 5.32 Å². The number of carbonyl (C=O) groups excluding carboxylic acids is 1. The summed E-state index contributed by atoms with van der Waals surface area (Å²) in [7, 11) is -0.356. The van der Waals surface area contributed by atoms with Gasteiger partial charge in [-0.2, -0.15) is 0 Å². The topological polar surface area (TPSA) is 112 Å². The molecule has 0 bridgehead atoms. The molecule has 2 aromatic rings. The van der Waals surface area contributed by atoms with Crippen LogP contribution < -0.4 is 20.4 Å². The van der Waals surface area contributed by atoms with Gasteiger partial charge >= 0.3 is 5.63 Å². The van der Waals surface area contributed by atoms with Gasteiger partial charge in [-0.25, -0.2) is 13.2 Å². The first-order valence-electron chi connectivity index (χ1n) is 8.13. The molecule has 1 N–H and O–H groups in total. The molecule has 2 heterocycles. The Balaban J connectivity index is 1.92. The quantitative estimate of drug-likeness (QED) is 0.757. The monoisotopic (exact) mass is 393 g/mol. The van der Waals surface area contributed by atoms with Crippen LogP contribution in [0.3, 0.4) is 0 Å². The Bertz CT molecular complexity index is 1100. The van der Waals surface area contributed by atoms with Crippen molar-refractivity contribution in [1.82, 2.24) is 5.32 Å². The van der Waals surface area contributed by atoms with Crippen LogP contribution >= 0.6 is 0 Å². The smallest absolute Gasteiger partial charge is 0.340 e. The van der Waals surface area contributed by atoms with Gasteiger partial charge in [0, 0.05) is 10.8 Å². The minimum absolute atomic E-state index is 0.180. The molecule has 1 atom stereocenters. The Morgan fingerprint density at radius 2 is 2.04 bits per heavy atom. The van der Waals surface area contributed by atoms with E-state index in [0.29, 0.717) is 22.4 Å². The van der Waals surface area contributed by atoms with E-state index >= 15 is 0 Å². The van der Waals surface area contributed by atoms with Crippen molar-refractivity contribution in [3.8, 4) is 11.5 Å². The highest BCUT2D eigenvalue weighted by Crippen LogP contribution is 2.36. The number of ether oxygens (including phenoxy) is 2. The van der Waals surface area contributed by atoms with Gasteiger partial charge in [0.2, 0.25) is 11.7 Å². The van der Waals surface area contributed by atoms with E-state index in [-0.39, 0.29) is 23.3 Å². The molecule has 0 fully saturated rings. The van der Waals surface area contributed by atoms with Crippen molar-refractivity contribution in [2.75, 3.05) is 20.0 Å². The van der Waals surface area contributed by atoms with Crippen LogP contribution in [0.15, 0.2) is 32.8 Å². The van der Waals surface area contributed by atoms with Gasteiger partial charge in [-0.15, -0.1) is 0 Å². The van der Waals surface area contributed by atoms with Crippen molar-refractivity contribution in [2.24, 2.45) is 0 Å². The number of nitrogens with one attached hydrogen (secondary N) is 1. The van der Waals surface area contributed by atoms with Crippen molar-refractivity contribution in [2.45, 2.75) is 19.4 Å². The number of amides is 1. The third-order valence-corrected chi connectivity index (χ3v) is 5.81. The van der Waals surface area contributed by atoms with Crippen LogP contribution in [-0.2, 0) is 21.1 Å². The summed E-state index contributed by atoms with van der Waals surface area (Å²) in [6, 6.07) is 2.81. The van der Waals surface area contributed by atoms with Gasteiger partial charge < -0.3 is 19.2 Å². The van der Waals surface area contributed by atoms with Crippen molar-refractivity contribution < 1.29 is 27.1 Å². The van der Waals surface area contributed by atoms with E-state index in [1.165, 1.54) is 20.3 Å². The second kappa shape index (κ2) is 7.07. The molecule has 0 radical (unpaired) electrons. The summed E-state index contributed by atoms with van der Waals surface area (Å²) in [5.74, 6) is 0.0814. The molecule has 144 valence electrons. The Morgan fingerprint density at radius 3 is 2.63 bits per heavy atom. The third kappa shape index (κ3) is 3.68. The molecule has 8 nitrogen and oxygen atoms in total. The summed E-state index contributed by atoms with van der Waals surface area (Å²) in [5, 5.41) is 4.30. The van der Waals surface area contributed by atoms with Gasteiger partial charge in [-0.3, -0.25) is 4.79 Å². The maximum atomic E-state index is 12.4. The molecule has 27 heavy (non-hydrogen) atoms. The second-order valence-corrected chi connectivity index (χ2v) is 8.11. The van der Waals surface area contributed by atoms with Crippen molar-refractivity contribution in [3.05, 3.63) is 45.2 Å². The zero-order valence-electron chi connectivity index (χ0n) is 15.1. The predicted octanol–water partition coefficient (Wildman–Crippen LogP) is 1.09. The minimum atomic E-state index is -3.27. The number of methoxy groups -OCH3 is 2. The summed E-state index contributed by atoms with van der Waals surface area (Å²) in [6.45, 7) is 1.72. The van der Waals surface area contributed by atoms with E-state index < -0.39 is 27.4 Å². The van der Waals surface area contributed by atoms with Crippen LogP contribution in [0, 0.1) is 6.92 Å². The van der Waals surface area contributed by atoms with E-state index in [1.807, 2.05) is 0 Å². The third-order valence-electron chi connectivity index (χ3n) is 4.41. The largest absolute Gasteiger partial charge is 0.493 e. The van der Waals surface area contributed by atoms with Gasteiger partial charge in [0.1, 0.15) is 0 Å². The number of aryl methyl sites for hydroxylation is 1. The lowest BCUT2D eigenvalue weighted by atomic mass is 10.0. The minimum Gasteiger partial charge on any atom is -0.493 e. The number of fused-ring (bicyclic) bond motifs is 1. The molecular weight excluding hydrogens is 374 g/mol. The zero-order chi connectivity index (χ0) is 19.8. The Morgan fingerprint density at radius 1 is 1.30 bits per heavy atom. The fraction of sp³-hybridized carbons (Fsp3) is 0.333. The van der Waals surface area contributed by atoms with Crippen LogP contribution in [0.4, 0.5) is 0 Å². The van der Waals surface area contributed by atoms with E-state index in [0.717, 1.165) is 5.41 Å². The molecule has 0 saturated carbocycles. The second-order valence-electron chi connectivity index (χ2n) is 6.18. The van der Waals surface area contributed by atoms with Gasteiger partial charge in [0.05, 0.1) is 38.0 Å². The average Bonchev–Trinajstić information content (AvgIpc) is 2.95. The lowest BCUT2D eigenvalue weighted by molar-refractivity contribution is -0.120. The van der Waals surface area contributed by atoms with Crippen LogP contribution in [-0.4, -0.2) is 40.3 Å². The summed E-state index contributed by atoms with van der Waals surface area (Å²) < 4.78 is 38.7. The first-order chi connectivity index (χ1) is 12.8. The molecule has 1 amide bonds. The molecule has 1 aromatic heterocycles. The molecule has 0 saturated heterocycles. The van der Waals surface area contributed by atoms with Crippen molar-refractivity contribution >= 4 is 26.7 Å². The van der Waals surface area contributed by atoms with E-state index in [4.69, 9.17) is 13.9 Å². The first-order valence-corrected chi connectivity index (χ1v) is 9.85. The molecule has 9 heteroatoms. The van der Waals surface area contributed by atoms with Crippen molar-refractivity contribution in [3.63, 3.8) is 0 Å². The molecule has 1 aliphatic rings. The molecule has 1 aromatic carbocycles. The standard InChI is InChI=1S/C18H19NO7S/c1-10-12-4-5-14(24-2)17(25-3)16(12)26-18(21)13(10)8-15(20)19-11-6-7-27(22,23)9-11/h4-7,11H,8-9H2,1-3H3,(H,19,20)/t11-/m1/s1. The molecule has 0 spiro atoms. The zero-order valence-corrected chi connectivity index (χ0v) is 15.9. The molecule has 3 rings (SSSR count). The highest BCUT2D eigenvalue weighted by atomic mass is 32.2. The summed E-state index contributed by atoms with van der Waals surface area (Å²) >= 11 is 0. The Kier molecular flexibility index (Phi) is 4.97. The van der Waals surface area contributed by atoms with Crippen LogP contribution in [0.2, 0.25) is 0 Å². The number of rotatable bonds is 5. The molecule has 0 unspecified atom stereocenters. The maximum absolute atomic E-state index is 12.4. The van der Waals surface area contributed by atoms with Gasteiger partial charge in [-0.1, -0.05) is 0 Å². The molecule has 1 aliphatic heterocycles. The highest BCUT2D eigenvalue weighted by molar-refractivity contribution is 7.94. The van der Waals surface area contributed by atoms with Gasteiger partial charge in [-0.05, 0) is 30.7 Å². The summed E-state index contributed by atoms with van der Waals surface area (Å²) in [6.07, 6.45) is 1.20. The number of hydrogen-bond donors (Lipinski definition) is 1. The van der Waals surface area contributed by atoms with Crippen LogP contribution in [0.25, 0.3) is 11.0 Å². The average molecular weight is 393 g/mol. The fourth-order valence-electron chi connectivity index (χ4n) is 3.05. The highest BCUT2D eigenvalue weighted by Gasteiger charge is 2.24. The SMILES string of the molecule is COc1ccc2c(C)c(CC(=O)N[C@@H]3C=CS(=O)(=O)C3)c(=O)oc2c1OC. The van der Waals surface area contributed by atoms with E-state index in [9.17, 15) is 18.0 Å². The Hall–Kier alpha value is -2.81. The number of carbonyl (C=O) groups is 1. The lowest BCUT2D eigenvalue weighted by Crippen LogP contribution is -2.37. The molecular formula is C18H19NO7S. The lowest BCUT2D eigenvalue weighted by Gasteiger charge is -2.13. The number of hydrogen-bond acceptors (Lipinski definition) is 7. The van der Waals surface area contributed by atoms with Gasteiger partial charge in [0.15, 0.2) is 21.2 Å². The Labute approximate surface area is 155 Å². The van der Waals surface area contributed by atoms with Crippen LogP contribution in [0.1, 0.15) is 11.1 Å². The van der Waals surface area contributed by atoms with E-state index in [1.54, 1.807) is 19.1 Å². The first kappa shape index (κ1) is 19.0. The van der Waals surface area contributed by atoms with Crippen molar-refractivity contribution in [1.29, 1.82) is 0 Å². The number of benzene rings is 1. The summed E-state index contributed by atoms with van der Waals surface area (Å²) in [4.78, 5) is 24.7. The maximum Gasteiger partial charge on any atom is 0.340 e. The normalized spacial score (nSPS) is 17.8.